The summed E-state index contributed by atoms with van der Waals surface area (Å²) in [6, 6.07) is 3.95. The zero-order valence-corrected chi connectivity index (χ0v) is 11.9. The van der Waals surface area contributed by atoms with E-state index in [1.165, 1.54) is 18.2 Å². The Morgan fingerprint density at radius 3 is 2.85 bits per heavy atom. The van der Waals surface area contributed by atoms with Gasteiger partial charge < -0.3 is 15.2 Å². The zero-order valence-electron chi connectivity index (χ0n) is 11.9. The molecular weight excluding hydrogens is 261 g/mol. The van der Waals surface area contributed by atoms with Crippen LogP contribution < -0.4 is 5.32 Å². The molecular formula is C15H20FNO3. The number of hydrogen-bond donors (Lipinski definition) is 2. The molecule has 2 atom stereocenters. The molecule has 0 radical (unpaired) electrons. The van der Waals surface area contributed by atoms with Crippen LogP contribution in [0.5, 0.6) is 5.75 Å². The molecule has 0 spiro atoms. The summed E-state index contributed by atoms with van der Waals surface area (Å²) in [6.07, 6.45) is 0.374. The summed E-state index contributed by atoms with van der Waals surface area (Å²) in [7, 11) is 0. The van der Waals surface area contributed by atoms with Crippen LogP contribution in [0, 0.1) is 11.7 Å². The highest BCUT2D eigenvalue weighted by molar-refractivity contribution is 5.67. The molecule has 1 aliphatic carbocycles. The summed E-state index contributed by atoms with van der Waals surface area (Å²) in [6.45, 7) is 5.88. The van der Waals surface area contributed by atoms with E-state index in [1.54, 1.807) is 20.8 Å². The topological polar surface area (TPSA) is 58.6 Å². The Morgan fingerprint density at radius 2 is 2.20 bits per heavy atom. The molecule has 1 aromatic rings. The number of phenols is 1. The fraction of sp³-hybridized carbons (Fsp3) is 0.533. The predicted octanol–water partition coefficient (Wildman–Crippen LogP) is 3.16. The number of rotatable bonds is 3. The molecule has 1 amide bonds. The van der Waals surface area contributed by atoms with E-state index in [2.05, 4.69) is 5.32 Å². The average Bonchev–Trinajstić information content (AvgIpc) is 3.07. The number of carbonyl (C=O) groups excluding carboxylic acids is 1. The molecule has 0 aliphatic heterocycles. The van der Waals surface area contributed by atoms with Crippen LogP contribution in [0.25, 0.3) is 0 Å². The molecule has 1 saturated carbocycles. The number of alkyl carbamates (subject to hydrolysis) is 1. The van der Waals surface area contributed by atoms with Crippen LogP contribution in [0.15, 0.2) is 18.2 Å². The third-order valence-electron chi connectivity index (χ3n) is 3.22. The van der Waals surface area contributed by atoms with Crippen molar-refractivity contribution in [2.75, 3.05) is 6.54 Å². The van der Waals surface area contributed by atoms with E-state index in [0.717, 1.165) is 6.42 Å². The second-order valence-corrected chi connectivity index (χ2v) is 6.19. The molecule has 1 aliphatic rings. The highest BCUT2D eigenvalue weighted by Gasteiger charge is 2.40. The third-order valence-corrected chi connectivity index (χ3v) is 3.22. The predicted molar refractivity (Wildman–Crippen MR) is 73.1 cm³/mol. The number of aromatic hydroxyl groups is 1. The van der Waals surface area contributed by atoms with E-state index in [1.807, 2.05) is 0 Å². The molecule has 0 aromatic heterocycles. The van der Waals surface area contributed by atoms with Gasteiger partial charge in [-0.1, -0.05) is 0 Å². The number of amides is 1. The van der Waals surface area contributed by atoms with Crippen molar-refractivity contribution in [2.45, 2.75) is 38.7 Å². The summed E-state index contributed by atoms with van der Waals surface area (Å²) in [5, 5.41) is 12.4. The minimum Gasteiger partial charge on any atom is -0.508 e. The van der Waals surface area contributed by atoms with Crippen molar-refractivity contribution in [2.24, 2.45) is 5.92 Å². The summed E-state index contributed by atoms with van der Waals surface area (Å²) >= 11 is 0. The van der Waals surface area contributed by atoms with Gasteiger partial charge in [-0.3, -0.25) is 0 Å². The van der Waals surface area contributed by atoms with Crippen LogP contribution in [0.1, 0.15) is 38.7 Å². The van der Waals surface area contributed by atoms with E-state index < -0.39 is 11.7 Å². The molecule has 20 heavy (non-hydrogen) atoms. The molecule has 4 nitrogen and oxygen atoms in total. The lowest BCUT2D eigenvalue weighted by atomic mass is 10.1. The average molecular weight is 281 g/mol. The van der Waals surface area contributed by atoms with Gasteiger partial charge in [0, 0.05) is 12.1 Å². The largest absolute Gasteiger partial charge is 0.508 e. The van der Waals surface area contributed by atoms with Gasteiger partial charge in [-0.15, -0.1) is 0 Å². The molecule has 1 aromatic carbocycles. The van der Waals surface area contributed by atoms with Crippen molar-refractivity contribution in [3.8, 4) is 5.75 Å². The molecule has 2 N–H and O–H groups in total. The fourth-order valence-corrected chi connectivity index (χ4v) is 2.21. The second kappa shape index (κ2) is 5.31. The van der Waals surface area contributed by atoms with Gasteiger partial charge >= 0.3 is 6.09 Å². The molecule has 5 heteroatoms. The fourth-order valence-electron chi connectivity index (χ4n) is 2.21. The van der Waals surface area contributed by atoms with Crippen LogP contribution in [0.3, 0.4) is 0 Å². The van der Waals surface area contributed by atoms with Gasteiger partial charge in [-0.2, -0.15) is 0 Å². The van der Waals surface area contributed by atoms with E-state index >= 15 is 0 Å². The number of hydrogen-bond acceptors (Lipinski definition) is 3. The van der Waals surface area contributed by atoms with E-state index in [0.29, 0.717) is 12.1 Å². The lowest BCUT2D eigenvalue weighted by Crippen LogP contribution is -2.33. The molecule has 0 heterocycles. The standard InChI is InChI=1S/C15H20FNO3/c1-15(2,3)20-14(19)17-8-9-6-11(9)12-7-10(16)4-5-13(12)18/h4-5,7,9,11,18H,6,8H2,1-3H3,(H,17,19)/t9-,11+/m0/s1. The molecule has 0 saturated heterocycles. The Bertz CT molecular complexity index is 510. The van der Waals surface area contributed by atoms with Gasteiger partial charge in [0.25, 0.3) is 0 Å². The van der Waals surface area contributed by atoms with Crippen molar-refractivity contribution < 1.29 is 19.0 Å². The Kier molecular flexibility index (Phi) is 3.88. The van der Waals surface area contributed by atoms with Crippen molar-refractivity contribution in [1.82, 2.24) is 5.32 Å². The maximum atomic E-state index is 13.2. The number of phenolic OH excluding ortho intramolecular Hbond substituents is 1. The summed E-state index contributed by atoms with van der Waals surface area (Å²) in [5.41, 5.74) is 0.0920. The first-order valence-electron chi connectivity index (χ1n) is 6.71. The van der Waals surface area contributed by atoms with Gasteiger partial charge in [0.1, 0.15) is 17.2 Å². The zero-order chi connectivity index (χ0) is 14.9. The normalized spacial score (nSPS) is 21.4. The number of nitrogens with one attached hydrogen (secondary N) is 1. The smallest absolute Gasteiger partial charge is 0.407 e. The lowest BCUT2D eigenvalue weighted by Gasteiger charge is -2.19. The van der Waals surface area contributed by atoms with Gasteiger partial charge in [0.2, 0.25) is 0 Å². The Hall–Kier alpha value is -1.78. The van der Waals surface area contributed by atoms with E-state index in [4.69, 9.17) is 4.74 Å². The van der Waals surface area contributed by atoms with Crippen LogP contribution in [-0.2, 0) is 4.74 Å². The first kappa shape index (κ1) is 14.6. The first-order valence-corrected chi connectivity index (χ1v) is 6.71. The van der Waals surface area contributed by atoms with Gasteiger partial charge in [-0.05, 0) is 57.2 Å². The minimum atomic E-state index is -0.520. The maximum absolute atomic E-state index is 13.2. The van der Waals surface area contributed by atoms with Gasteiger partial charge in [0.15, 0.2) is 0 Å². The molecule has 0 bridgehead atoms. The number of carbonyl (C=O) groups is 1. The highest BCUT2D eigenvalue weighted by Crippen LogP contribution is 2.49. The number of ether oxygens (including phenoxy) is 1. The quantitative estimate of drug-likeness (QED) is 0.894. The monoisotopic (exact) mass is 281 g/mol. The molecule has 0 unspecified atom stereocenters. The summed E-state index contributed by atoms with van der Waals surface area (Å²) in [5.74, 6) is 0.0653. The minimum absolute atomic E-state index is 0.0978. The third kappa shape index (κ3) is 3.85. The molecule has 1 fully saturated rings. The lowest BCUT2D eigenvalue weighted by molar-refractivity contribution is 0.0525. The van der Waals surface area contributed by atoms with E-state index in [-0.39, 0.29) is 23.4 Å². The highest BCUT2D eigenvalue weighted by atomic mass is 19.1. The van der Waals surface area contributed by atoms with Crippen LogP contribution in [-0.4, -0.2) is 23.3 Å². The number of benzene rings is 1. The molecule has 110 valence electrons. The van der Waals surface area contributed by atoms with Gasteiger partial charge in [-0.25, -0.2) is 9.18 Å². The summed E-state index contributed by atoms with van der Waals surface area (Å²) < 4.78 is 18.3. The van der Waals surface area contributed by atoms with Crippen molar-refractivity contribution in [1.29, 1.82) is 0 Å². The van der Waals surface area contributed by atoms with Crippen molar-refractivity contribution >= 4 is 6.09 Å². The Morgan fingerprint density at radius 1 is 1.50 bits per heavy atom. The SMILES string of the molecule is CC(C)(C)OC(=O)NC[C@@H]1C[C@H]1c1cc(F)ccc1O. The summed E-state index contributed by atoms with van der Waals surface area (Å²) in [4.78, 5) is 11.5. The van der Waals surface area contributed by atoms with Crippen molar-refractivity contribution in [3.05, 3.63) is 29.6 Å². The van der Waals surface area contributed by atoms with Crippen LogP contribution in [0.4, 0.5) is 9.18 Å². The van der Waals surface area contributed by atoms with Gasteiger partial charge in [0.05, 0.1) is 0 Å². The number of halogens is 1. The second-order valence-electron chi connectivity index (χ2n) is 6.19. The maximum Gasteiger partial charge on any atom is 0.407 e. The van der Waals surface area contributed by atoms with Crippen LogP contribution >= 0.6 is 0 Å². The van der Waals surface area contributed by atoms with Crippen LogP contribution in [0.2, 0.25) is 0 Å². The Labute approximate surface area is 117 Å². The van der Waals surface area contributed by atoms with Crippen molar-refractivity contribution in [3.63, 3.8) is 0 Å². The van der Waals surface area contributed by atoms with E-state index in [9.17, 15) is 14.3 Å². The molecule has 2 rings (SSSR count). The Balaban J connectivity index is 1.84. The first-order chi connectivity index (χ1) is 9.26.